The third-order valence-corrected chi connectivity index (χ3v) is 4.76. The quantitative estimate of drug-likeness (QED) is 0.380. The number of carbonyl (C=O) groups is 1. The summed E-state index contributed by atoms with van der Waals surface area (Å²) in [6.45, 7) is 13.2. The molecule has 1 aromatic rings. The Balaban J connectivity index is 0.00000364. The summed E-state index contributed by atoms with van der Waals surface area (Å²) in [5, 5.41) is 3.33. The second kappa shape index (κ2) is 10.3. The highest BCUT2D eigenvalue weighted by Gasteiger charge is 2.28. The maximum absolute atomic E-state index is 11.6. The van der Waals surface area contributed by atoms with E-state index in [9.17, 15) is 4.79 Å². The number of amides is 1. The number of aliphatic imine (C=N–C) groups is 1. The predicted molar refractivity (Wildman–Crippen MR) is 121 cm³/mol. The van der Waals surface area contributed by atoms with E-state index in [0.717, 1.165) is 25.6 Å². The number of carbonyl (C=O) groups excluding carboxylic acids is 1. The molecule has 1 unspecified atom stereocenters. The van der Waals surface area contributed by atoms with Crippen molar-refractivity contribution in [2.75, 3.05) is 32.8 Å². The summed E-state index contributed by atoms with van der Waals surface area (Å²) in [6.07, 6.45) is 0.0114. The lowest BCUT2D eigenvalue weighted by molar-refractivity contribution is -0.125. The van der Waals surface area contributed by atoms with Gasteiger partial charge in [0.05, 0.1) is 25.1 Å². The maximum Gasteiger partial charge on any atom is 0.224 e. The monoisotopic (exact) mass is 488 g/mol. The van der Waals surface area contributed by atoms with Crippen molar-refractivity contribution >= 4 is 35.8 Å². The van der Waals surface area contributed by atoms with Gasteiger partial charge in [-0.1, -0.05) is 23.8 Å². The fraction of sp³-hybridized carbons (Fsp3) is 0.600. The van der Waals surface area contributed by atoms with E-state index in [1.807, 2.05) is 20.8 Å². The van der Waals surface area contributed by atoms with Crippen LogP contribution < -0.4 is 11.1 Å². The molecule has 1 amide bonds. The molecule has 0 radical (unpaired) electrons. The number of morpholine rings is 1. The van der Waals surface area contributed by atoms with E-state index in [2.05, 4.69) is 47.3 Å². The van der Waals surface area contributed by atoms with Gasteiger partial charge in [-0.15, -0.1) is 24.0 Å². The molecule has 0 bridgehead atoms. The number of ether oxygens (including phenoxy) is 1. The van der Waals surface area contributed by atoms with Crippen molar-refractivity contribution in [1.82, 2.24) is 10.2 Å². The molecule has 1 aliphatic heterocycles. The van der Waals surface area contributed by atoms with Gasteiger partial charge in [0.15, 0.2) is 5.96 Å². The molecular formula is C20H33IN4O2. The van der Waals surface area contributed by atoms with Crippen LogP contribution in [0.1, 0.15) is 43.6 Å². The van der Waals surface area contributed by atoms with Crippen LogP contribution in [0.5, 0.6) is 0 Å². The first kappa shape index (κ1) is 23.7. The molecule has 1 fully saturated rings. The molecule has 1 heterocycles. The van der Waals surface area contributed by atoms with Gasteiger partial charge < -0.3 is 20.7 Å². The number of nitrogens with zero attached hydrogens (tertiary/aromatic N) is 2. The molecule has 0 saturated carbocycles. The third kappa shape index (κ3) is 6.34. The largest absolute Gasteiger partial charge is 0.370 e. The van der Waals surface area contributed by atoms with Crippen molar-refractivity contribution in [2.24, 2.45) is 16.1 Å². The minimum atomic E-state index is -0.667. The van der Waals surface area contributed by atoms with Gasteiger partial charge in [-0.25, -0.2) is 0 Å². The Morgan fingerprint density at radius 2 is 2.11 bits per heavy atom. The molecule has 1 saturated heterocycles. The van der Waals surface area contributed by atoms with Crippen LogP contribution in [0, 0.1) is 19.3 Å². The lowest BCUT2D eigenvalue weighted by atomic mass is 9.93. The van der Waals surface area contributed by atoms with Crippen LogP contribution in [-0.4, -0.2) is 49.6 Å². The van der Waals surface area contributed by atoms with E-state index in [-0.39, 0.29) is 36.0 Å². The Labute approximate surface area is 179 Å². The summed E-state index contributed by atoms with van der Waals surface area (Å²) in [7, 11) is 0. The number of benzene rings is 1. The number of halogens is 1. The van der Waals surface area contributed by atoms with Crippen molar-refractivity contribution in [3.63, 3.8) is 0 Å². The number of aryl methyl sites for hydroxylation is 2. The zero-order valence-electron chi connectivity index (χ0n) is 17.0. The summed E-state index contributed by atoms with van der Waals surface area (Å²) >= 11 is 0. The second-order valence-electron chi connectivity index (χ2n) is 7.58. The van der Waals surface area contributed by atoms with Gasteiger partial charge in [0, 0.05) is 13.1 Å². The molecule has 2 rings (SSSR count). The van der Waals surface area contributed by atoms with E-state index in [1.165, 1.54) is 16.7 Å². The molecule has 0 spiro atoms. The van der Waals surface area contributed by atoms with Gasteiger partial charge in [-0.3, -0.25) is 9.79 Å². The van der Waals surface area contributed by atoms with Gasteiger partial charge in [0.25, 0.3) is 0 Å². The molecule has 0 aliphatic carbocycles. The molecule has 1 aliphatic rings. The first-order valence-corrected chi connectivity index (χ1v) is 9.26. The topological polar surface area (TPSA) is 79.9 Å². The smallest absolute Gasteiger partial charge is 0.224 e. The number of nitrogens with two attached hydrogens (primary N) is 1. The van der Waals surface area contributed by atoms with Crippen molar-refractivity contribution in [1.29, 1.82) is 0 Å². The summed E-state index contributed by atoms with van der Waals surface area (Å²) in [5.74, 6) is 0.465. The van der Waals surface area contributed by atoms with Crippen LogP contribution in [0.15, 0.2) is 23.2 Å². The van der Waals surface area contributed by atoms with Crippen LogP contribution >= 0.6 is 24.0 Å². The van der Waals surface area contributed by atoms with Gasteiger partial charge in [-0.05, 0) is 45.7 Å². The fourth-order valence-electron chi connectivity index (χ4n) is 2.99. The third-order valence-electron chi connectivity index (χ3n) is 4.76. The predicted octanol–water partition coefficient (Wildman–Crippen LogP) is 2.77. The van der Waals surface area contributed by atoms with Crippen molar-refractivity contribution in [2.45, 2.75) is 40.7 Å². The maximum atomic E-state index is 11.6. The van der Waals surface area contributed by atoms with Crippen LogP contribution in [0.4, 0.5) is 0 Å². The summed E-state index contributed by atoms with van der Waals surface area (Å²) in [4.78, 5) is 18.4. The minimum absolute atomic E-state index is 0. The van der Waals surface area contributed by atoms with Crippen molar-refractivity contribution in [3.8, 4) is 0 Å². The Morgan fingerprint density at radius 3 is 2.70 bits per heavy atom. The van der Waals surface area contributed by atoms with E-state index in [0.29, 0.717) is 13.2 Å². The SMILES string of the molecule is CCNC(=NCC(C)(C)C(N)=O)N1CCOC(c2ccc(C)cc2C)C1.I. The molecule has 6 nitrogen and oxygen atoms in total. The molecule has 3 N–H and O–H groups in total. The molecule has 7 heteroatoms. The molecule has 152 valence electrons. The van der Waals surface area contributed by atoms with Crippen LogP contribution in [0.25, 0.3) is 0 Å². The number of rotatable bonds is 5. The van der Waals surface area contributed by atoms with Gasteiger partial charge >= 0.3 is 0 Å². The van der Waals surface area contributed by atoms with E-state index < -0.39 is 5.41 Å². The summed E-state index contributed by atoms with van der Waals surface area (Å²) in [5.41, 5.74) is 8.52. The van der Waals surface area contributed by atoms with Gasteiger partial charge in [0.1, 0.15) is 6.10 Å². The number of primary amides is 1. The van der Waals surface area contributed by atoms with Gasteiger partial charge in [-0.2, -0.15) is 0 Å². The highest BCUT2D eigenvalue weighted by molar-refractivity contribution is 14.0. The van der Waals surface area contributed by atoms with Crippen molar-refractivity contribution in [3.05, 3.63) is 34.9 Å². The zero-order valence-corrected chi connectivity index (χ0v) is 19.4. The Bertz CT molecular complexity index is 676. The standard InChI is InChI=1S/C20H32N4O2.HI/c1-6-22-19(23-13-20(4,5)18(21)25)24-9-10-26-17(12-24)16-8-7-14(2)11-15(16)3;/h7-8,11,17H,6,9-10,12-13H2,1-5H3,(H2,21,25)(H,22,23);1H. The number of nitrogens with one attached hydrogen (secondary N) is 1. The summed E-state index contributed by atoms with van der Waals surface area (Å²) < 4.78 is 6.03. The first-order chi connectivity index (χ1) is 12.2. The molecule has 0 aromatic heterocycles. The van der Waals surface area contributed by atoms with Crippen LogP contribution in [0.3, 0.4) is 0 Å². The lowest BCUT2D eigenvalue weighted by Crippen LogP contribution is -2.49. The van der Waals surface area contributed by atoms with Crippen LogP contribution in [-0.2, 0) is 9.53 Å². The van der Waals surface area contributed by atoms with E-state index in [4.69, 9.17) is 10.5 Å². The summed E-state index contributed by atoms with van der Waals surface area (Å²) in [6, 6.07) is 6.46. The average Bonchev–Trinajstić information content (AvgIpc) is 2.58. The van der Waals surface area contributed by atoms with Crippen molar-refractivity contribution < 1.29 is 9.53 Å². The number of guanidine groups is 1. The van der Waals surface area contributed by atoms with E-state index in [1.54, 1.807) is 0 Å². The van der Waals surface area contributed by atoms with E-state index >= 15 is 0 Å². The Kier molecular flexibility index (Phi) is 9.01. The Morgan fingerprint density at radius 1 is 1.41 bits per heavy atom. The zero-order chi connectivity index (χ0) is 19.3. The number of hydrogen-bond acceptors (Lipinski definition) is 3. The lowest BCUT2D eigenvalue weighted by Gasteiger charge is -2.36. The number of hydrogen-bond donors (Lipinski definition) is 2. The molecule has 1 atom stereocenters. The minimum Gasteiger partial charge on any atom is -0.370 e. The molecular weight excluding hydrogens is 455 g/mol. The average molecular weight is 488 g/mol. The first-order valence-electron chi connectivity index (χ1n) is 9.26. The Hall–Kier alpha value is -1.35. The highest BCUT2D eigenvalue weighted by Crippen LogP contribution is 2.26. The molecule has 1 aromatic carbocycles. The van der Waals surface area contributed by atoms with Gasteiger partial charge in [0.2, 0.25) is 5.91 Å². The molecule has 27 heavy (non-hydrogen) atoms. The normalized spacial score (nSPS) is 18.0. The fourth-order valence-corrected chi connectivity index (χ4v) is 2.99. The second-order valence-corrected chi connectivity index (χ2v) is 7.58. The van der Waals surface area contributed by atoms with Crippen LogP contribution in [0.2, 0.25) is 0 Å². The highest BCUT2D eigenvalue weighted by atomic mass is 127.